The molecule has 0 aliphatic heterocycles. The second-order valence-corrected chi connectivity index (χ2v) is 8.46. The molecule has 0 radical (unpaired) electrons. The molecule has 0 aromatic heterocycles. The van der Waals surface area contributed by atoms with Gasteiger partial charge < -0.3 is 21.5 Å². The zero-order chi connectivity index (χ0) is 18.5. The summed E-state index contributed by atoms with van der Waals surface area (Å²) in [6.07, 6.45) is 10.9. The van der Waals surface area contributed by atoms with Crippen LogP contribution in [-0.2, 0) is 6.54 Å². The van der Waals surface area contributed by atoms with Crippen molar-refractivity contribution in [2.24, 2.45) is 11.8 Å². The Morgan fingerprint density at radius 3 is 1.62 bits per heavy atom. The SMILES string of the molecule is CCCCC(CC)C[N+](C)(Cc1ccccc1)CC(CC)CCCC.[Br-]. The van der Waals surface area contributed by atoms with Crippen LogP contribution >= 0.6 is 0 Å². The third-order valence-corrected chi connectivity index (χ3v) is 5.89. The third-order valence-electron chi connectivity index (χ3n) is 5.89. The average molecular weight is 427 g/mol. The van der Waals surface area contributed by atoms with E-state index < -0.39 is 0 Å². The minimum Gasteiger partial charge on any atom is -1.00 e. The van der Waals surface area contributed by atoms with Crippen molar-refractivity contribution in [1.82, 2.24) is 0 Å². The zero-order valence-corrected chi connectivity index (χ0v) is 19.7. The summed E-state index contributed by atoms with van der Waals surface area (Å²) in [5.41, 5.74) is 1.50. The highest BCUT2D eigenvalue weighted by Crippen LogP contribution is 2.25. The lowest BCUT2D eigenvalue weighted by Gasteiger charge is -2.40. The van der Waals surface area contributed by atoms with E-state index >= 15 is 0 Å². The highest BCUT2D eigenvalue weighted by molar-refractivity contribution is 5.13. The topological polar surface area (TPSA) is 0 Å². The van der Waals surface area contributed by atoms with Gasteiger partial charge in [0.05, 0.1) is 20.1 Å². The van der Waals surface area contributed by atoms with Crippen molar-refractivity contribution in [2.75, 3.05) is 20.1 Å². The molecule has 1 aromatic carbocycles. The van der Waals surface area contributed by atoms with Gasteiger partial charge in [-0.05, 0) is 25.7 Å². The van der Waals surface area contributed by atoms with E-state index in [-0.39, 0.29) is 17.0 Å². The number of hydrogen-bond donors (Lipinski definition) is 0. The summed E-state index contributed by atoms with van der Waals surface area (Å²) in [5, 5.41) is 0. The lowest BCUT2D eigenvalue weighted by molar-refractivity contribution is -0.929. The molecule has 2 heteroatoms. The van der Waals surface area contributed by atoms with Crippen molar-refractivity contribution >= 4 is 0 Å². The normalized spacial score (nSPS) is 15.7. The molecular formula is C24H44BrN. The Morgan fingerprint density at radius 2 is 1.23 bits per heavy atom. The van der Waals surface area contributed by atoms with E-state index in [0.717, 1.165) is 11.8 Å². The number of hydrogen-bond acceptors (Lipinski definition) is 0. The summed E-state index contributed by atoms with van der Waals surface area (Å²) in [4.78, 5) is 0. The van der Waals surface area contributed by atoms with Crippen LogP contribution in [0.4, 0.5) is 0 Å². The van der Waals surface area contributed by atoms with Crippen molar-refractivity contribution in [2.45, 2.75) is 85.6 Å². The fraction of sp³-hybridized carbons (Fsp3) is 0.750. The first-order valence-corrected chi connectivity index (χ1v) is 10.9. The molecule has 1 nitrogen and oxygen atoms in total. The first-order valence-electron chi connectivity index (χ1n) is 10.9. The summed E-state index contributed by atoms with van der Waals surface area (Å²) in [6.45, 7) is 13.3. The molecule has 0 aliphatic carbocycles. The monoisotopic (exact) mass is 425 g/mol. The number of halogens is 1. The first-order chi connectivity index (χ1) is 12.1. The number of benzene rings is 1. The van der Waals surface area contributed by atoms with E-state index in [1.165, 1.54) is 81.0 Å². The van der Waals surface area contributed by atoms with Crippen molar-refractivity contribution in [3.63, 3.8) is 0 Å². The van der Waals surface area contributed by atoms with Gasteiger partial charge in [-0.2, -0.15) is 0 Å². The summed E-state index contributed by atoms with van der Waals surface area (Å²) < 4.78 is 1.22. The summed E-state index contributed by atoms with van der Waals surface area (Å²) in [7, 11) is 2.52. The van der Waals surface area contributed by atoms with Crippen LogP contribution in [0.3, 0.4) is 0 Å². The van der Waals surface area contributed by atoms with Crippen LogP contribution in [0.15, 0.2) is 30.3 Å². The summed E-state index contributed by atoms with van der Waals surface area (Å²) in [5.74, 6) is 1.75. The van der Waals surface area contributed by atoms with E-state index in [9.17, 15) is 0 Å². The molecule has 152 valence electrons. The highest BCUT2D eigenvalue weighted by atomic mass is 79.9. The van der Waals surface area contributed by atoms with Gasteiger partial charge in [0, 0.05) is 17.4 Å². The van der Waals surface area contributed by atoms with Crippen LogP contribution in [-0.4, -0.2) is 24.6 Å². The van der Waals surface area contributed by atoms with E-state index in [0.29, 0.717) is 0 Å². The van der Waals surface area contributed by atoms with Crippen LogP contribution in [0, 0.1) is 11.8 Å². The molecule has 1 aromatic rings. The molecule has 0 saturated carbocycles. The second-order valence-electron chi connectivity index (χ2n) is 8.46. The Kier molecular flexibility index (Phi) is 14.5. The largest absolute Gasteiger partial charge is 1.00 e. The number of unbranched alkanes of at least 4 members (excludes halogenated alkanes) is 2. The minimum atomic E-state index is 0. The smallest absolute Gasteiger partial charge is 0.104 e. The van der Waals surface area contributed by atoms with Gasteiger partial charge in [-0.3, -0.25) is 0 Å². The van der Waals surface area contributed by atoms with Crippen LogP contribution in [0.1, 0.15) is 84.6 Å². The van der Waals surface area contributed by atoms with Gasteiger partial charge in [-0.25, -0.2) is 0 Å². The number of nitrogens with zero attached hydrogens (tertiary/aromatic N) is 1. The molecule has 1 rings (SSSR count). The highest BCUT2D eigenvalue weighted by Gasteiger charge is 2.29. The van der Waals surface area contributed by atoms with Crippen molar-refractivity contribution in [3.05, 3.63) is 35.9 Å². The number of quaternary nitrogens is 1. The molecule has 0 spiro atoms. The molecule has 0 heterocycles. The van der Waals surface area contributed by atoms with Crippen LogP contribution in [0.2, 0.25) is 0 Å². The Labute approximate surface area is 174 Å². The molecule has 0 bridgehead atoms. The summed E-state index contributed by atoms with van der Waals surface area (Å²) >= 11 is 0. The van der Waals surface area contributed by atoms with Crippen LogP contribution in [0.5, 0.6) is 0 Å². The van der Waals surface area contributed by atoms with Gasteiger partial charge in [-0.1, -0.05) is 83.7 Å². The van der Waals surface area contributed by atoms with Crippen molar-refractivity contribution in [1.29, 1.82) is 0 Å². The Hall–Kier alpha value is -0.340. The molecule has 0 N–H and O–H groups in total. The molecule has 2 atom stereocenters. The minimum absolute atomic E-state index is 0. The molecular weight excluding hydrogens is 382 g/mol. The van der Waals surface area contributed by atoms with Crippen molar-refractivity contribution in [3.8, 4) is 0 Å². The fourth-order valence-electron chi connectivity index (χ4n) is 4.31. The molecule has 0 amide bonds. The van der Waals surface area contributed by atoms with Gasteiger partial charge in [0.1, 0.15) is 6.54 Å². The predicted octanol–water partition coefficient (Wildman–Crippen LogP) is 4.07. The predicted molar refractivity (Wildman–Crippen MR) is 113 cm³/mol. The van der Waals surface area contributed by atoms with Gasteiger partial charge in [0.15, 0.2) is 0 Å². The van der Waals surface area contributed by atoms with E-state index in [2.05, 4.69) is 65.1 Å². The van der Waals surface area contributed by atoms with E-state index in [1.807, 2.05) is 0 Å². The van der Waals surface area contributed by atoms with Crippen LogP contribution in [0.25, 0.3) is 0 Å². The standard InChI is InChI=1S/C24H44N.BrH/c1-6-10-15-22(8-3)19-25(5,20-23(9-4)16-11-7-2)21-24-17-13-12-14-18-24;/h12-14,17-18,22-23H,6-11,15-16,19-21H2,1-5H3;1H/q+1;/p-1. The fourth-order valence-corrected chi connectivity index (χ4v) is 4.31. The van der Waals surface area contributed by atoms with Crippen LogP contribution < -0.4 is 17.0 Å². The molecule has 2 unspecified atom stereocenters. The Morgan fingerprint density at radius 1 is 0.769 bits per heavy atom. The first kappa shape index (κ1) is 25.7. The lowest BCUT2D eigenvalue weighted by atomic mass is 9.93. The molecule has 0 fully saturated rings. The Bertz CT molecular complexity index is 413. The van der Waals surface area contributed by atoms with E-state index in [1.54, 1.807) is 0 Å². The number of rotatable bonds is 14. The average Bonchev–Trinajstić information content (AvgIpc) is 2.63. The maximum Gasteiger partial charge on any atom is 0.104 e. The summed E-state index contributed by atoms with van der Waals surface area (Å²) in [6, 6.07) is 11.2. The van der Waals surface area contributed by atoms with Gasteiger partial charge in [0.25, 0.3) is 0 Å². The zero-order valence-electron chi connectivity index (χ0n) is 18.1. The third kappa shape index (κ3) is 10.1. The quantitative estimate of drug-likeness (QED) is 0.394. The molecule has 0 aliphatic rings. The lowest BCUT2D eigenvalue weighted by Crippen LogP contribution is -3.00. The Balaban J connectivity index is 0.00000625. The maximum absolute atomic E-state index is 2.52. The molecule has 0 saturated heterocycles. The van der Waals surface area contributed by atoms with Crippen molar-refractivity contribution < 1.29 is 21.5 Å². The molecule has 26 heavy (non-hydrogen) atoms. The second kappa shape index (κ2) is 14.7. The maximum atomic E-state index is 2.52. The van der Waals surface area contributed by atoms with Gasteiger partial charge in [0.2, 0.25) is 0 Å². The van der Waals surface area contributed by atoms with E-state index in [4.69, 9.17) is 0 Å². The van der Waals surface area contributed by atoms with Gasteiger partial charge >= 0.3 is 0 Å². The van der Waals surface area contributed by atoms with Gasteiger partial charge in [-0.15, -0.1) is 0 Å².